The van der Waals surface area contributed by atoms with Gasteiger partial charge in [0.05, 0.1) is 18.4 Å². The largest absolute Gasteiger partial charge is 0.280 e. The summed E-state index contributed by atoms with van der Waals surface area (Å²) < 4.78 is 28.3. The Morgan fingerprint density at radius 2 is 1.90 bits per heavy atom. The first kappa shape index (κ1) is 12.5. The van der Waals surface area contributed by atoms with Gasteiger partial charge >= 0.3 is 0 Å². The molecular weight excluding hydrogens is 264 g/mol. The Bertz CT molecular complexity index is 690. The van der Waals surface area contributed by atoms with Gasteiger partial charge in [-0.3, -0.25) is 4.68 Å². The average Bonchev–Trinajstić information content (AvgIpc) is 3.09. The second-order valence-electron chi connectivity index (χ2n) is 4.20. The van der Waals surface area contributed by atoms with Crippen molar-refractivity contribution in [3.63, 3.8) is 0 Å². The summed E-state index contributed by atoms with van der Waals surface area (Å²) in [6.07, 6.45) is 0.497. The lowest BCUT2D eigenvalue weighted by Gasteiger charge is -2.03. The van der Waals surface area contributed by atoms with Gasteiger partial charge in [0.25, 0.3) is 6.43 Å². The van der Waals surface area contributed by atoms with Gasteiger partial charge in [-0.25, -0.2) is 13.5 Å². The summed E-state index contributed by atoms with van der Waals surface area (Å²) in [5.74, 6) is 0. The zero-order valence-corrected chi connectivity index (χ0v) is 10.4. The minimum absolute atomic E-state index is 0.126. The number of aromatic nitrogens is 5. The molecule has 20 heavy (non-hydrogen) atoms. The fourth-order valence-electron chi connectivity index (χ4n) is 1.89. The van der Waals surface area contributed by atoms with Crippen molar-refractivity contribution in [2.75, 3.05) is 0 Å². The highest BCUT2D eigenvalue weighted by Crippen LogP contribution is 2.18. The third-order valence-corrected chi connectivity index (χ3v) is 2.85. The quantitative estimate of drug-likeness (QED) is 0.734. The molecule has 0 N–H and O–H groups in total. The van der Waals surface area contributed by atoms with Gasteiger partial charge in [-0.2, -0.15) is 5.10 Å². The number of alkyl halides is 2. The first-order chi connectivity index (χ1) is 9.74. The lowest BCUT2D eigenvalue weighted by molar-refractivity contribution is 0.139. The number of hydrogen-bond acceptors (Lipinski definition) is 3. The molecule has 0 saturated carbocycles. The van der Waals surface area contributed by atoms with Crippen molar-refractivity contribution in [1.82, 2.24) is 24.8 Å². The summed E-state index contributed by atoms with van der Waals surface area (Å²) in [4.78, 5) is 0. The lowest BCUT2D eigenvalue weighted by Crippen LogP contribution is -2.06. The molecule has 1 aromatic carbocycles. The van der Waals surface area contributed by atoms with Gasteiger partial charge in [-0.05, 0) is 18.2 Å². The fourth-order valence-corrected chi connectivity index (χ4v) is 1.89. The maximum Gasteiger partial charge on any atom is 0.280 e. The molecule has 0 fully saturated rings. The lowest BCUT2D eigenvalue weighted by atomic mass is 10.3. The molecule has 0 spiro atoms. The van der Waals surface area contributed by atoms with Gasteiger partial charge in [0.2, 0.25) is 0 Å². The van der Waals surface area contributed by atoms with Crippen LogP contribution in [0.5, 0.6) is 0 Å². The Morgan fingerprint density at radius 3 is 2.65 bits per heavy atom. The summed E-state index contributed by atoms with van der Waals surface area (Å²) >= 11 is 0. The number of nitrogens with zero attached hydrogens (tertiary/aromatic N) is 5. The third kappa shape index (κ3) is 2.42. The van der Waals surface area contributed by atoms with E-state index in [2.05, 4.69) is 15.4 Å². The Morgan fingerprint density at radius 1 is 1.10 bits per heavy atom. The number of para-hydroxylation sites is 1. The molecule has 0 amide bonds. The van der Waals surface area contributed by atoms with Crippen LogP contribution in [0.1, 0.15) is 17.8 Å². The van der Waals surface area contributed by atoms with Crippen LogP contribution in [-0.2, 0) is 6.54 Å². The zero-order valence-electron chi connectivity index (χ0n) is 10.4. The topological polar surface area (TPSA) is 48.5 Å². The predicted molar refractivity (Wildman–Crippen MR) is 67.6 cm³/mol. The van der Waals surface area contributed by atoms with Crippen molar-refractivity contribution < 1.29 is 8.78 Å². The van der Waals surface area contributed by atoms with E-state index in [9.17, 15) is 8.78 Å². The molecule has 2 heterocycles. The van der Waals surface area contributed by atoms with Crippen molar-refractivity contribution >= 4 is 0 Å². The first-order valence-corrected chi connectivity index (χ1v) is 6.00. The molecule has 5 nitrogen and oxygen atoms in total. The molecule has 102 valence electrons. The molecule has 3 rings (SSSR count). The molecule has 0 saturated heterocycles. The fraction of sp³-hybridized carbons (Fsp3) is 0.154. The van der Waals surface area contributed by atoms with Gasteiger partial charge in [0.1, 0.15) is 11.4 Å². The van der Waals surface area contributed by atoms with Crippen molar-refractivity contribution in [3.05, 3.63) is 60.2 Å². The number of hydrogen-bond donors (Lipinski definition) is 0. The second kappa shape index (κ2) is 5.20. The molecular formula is C13H11F2N5. The van der Waals surface area contributed by atoms with E-state index in [0.29, 0.717) is 5.69 Å². The average molecular weight is 275 g/mol. The van der Waals surface area contributed by atoms with Gasteiger partial charge in [-0.15, -0.1) is 5.10 Å². The number of halogens is 2. The number of benzene rings is 1. The Kier molecular flexibility index (Phi) is 3.24. The summed E-state index contributed by atoms with van der Waals surface area (Å²) in [5.41, 5.74) is 1.31. The molecule has 3 aromatic rings. The monoisotopic (exact) mass is 275 g/mol. The van der Waals surface area contributed by atoms with Crippen molar-refractivity contribution in [1.29, 1.82) is 0 Å². The molecule has 0 radical (unpaired) electrons. The number of rotatable bonds is 4. The van der Waals surface area contributed by atoms with E-state index in [4.69, 9.17) is 0 Å². The third-order valence-electron chi connectivity index (χ3n) is 2.85. The molecule has 0 aliphatic carbocycles. The van der Waals surface area contributed by atoms with Crippen LogP contribution in [0.15, 0.2) is 48.8 Å². The predicted octanol–water partition coefficient (Wildman–Crippen LogP) is 2.45. The van der Waals surface area contributed by atoms with E-state index < -0.39 is 6.43 Å². The van der Waals surface area contributed by atoms with Crippen molar-refractivity contribution in [2.24, 2.45) is 0 Å². The summed E-state index contributed by atoms with van der Waals surface area (Å²) in [6, 6.07) is 10.7. The smallest absolute Gasteiger partial charge is 0.258 e. The van der Waals surface area contributed by atoms with E-state index in [1.165, 1.54) is 16.9 Å². The van der Waals surface area contributed by atoms with Gasteiger partial charge in [0, 0.05) is 6.20 Å². The Labute approximate surface area is 113 Å². The van der Waals surface area contributed by atoms with E-state index in [-0.39, 0.29) is 12.2 Å². The summed E-state index contributed by atoms with van der Waals surface area (Å²) in [6.45, 7) is 0.166. The molecule has 0 aliphatic rings. The normalized spacial score (nSPS) is 11.2. The summed E-state index contributed by atoms with van der Waals surface area (Å²) in [5, 5.41) is 11.8. The molecule has 2 aromatic heterocycles. The van der Waals surface area contributed by atoms with Crippen LogP contribution in [0, 0.1) is 0 Å². The van der Waals surface area contributed by atoms with Crippen LogP contribution in [0.2, 0.25) is 0 Å². The van der Waals surface area contributed by atoms with E-state index in [1.807, 2.05) is 30.3 Å². The molecule has 0 bridgehead atoms. The van der Waals surface area contributed by atoms with E-state index in [0.717, 1.165) is 5.69 Å². The van der Waals surface area contributed by atoms with Gasteiger partial charge in [-0.1, -0.05) is 23.4 Å². The summed E-state index contributed by atoms with van der Waals surface area (Å²) in [7, 11) is 0. The van der Waals surface area contributed by atoms with Crippen LogP contribution >= 0.6 is 0 Å². The van der Waals surface area contributed by atoms with Crippen LogP contribution in [0.4, 0.5) is 8.78 Å². The SMILES string of the molecule is FC(F)c1ccnn1Cc1cn(-c2ccccc2)nn1. The highest BCUT2D eigenvalue weighted by Gasteiger charge is 2.14. The molecule has 0 aliphatic heterocycles. The van der Waals surface area contributed by atoms with Crippen LogP contribution in [0.3, 0.4) is 0 Å². The second-order valence-corrected chi connectivity index (χ2v) is 4.20. The minimum atomic E-state index is -2.55. The standard InChI is InChI=1S/C13H11F2N5/c14-13(15)12-6-7-16-20(12)9-10-8-19(18-17-10)11-4-2-1-3-5-11/h1-8,13H,9H2. The highest BCUT2D eigenvalue weighted by molar-refractivity contribution is 5.29. The first-order valence-electron chi connectivity index (χ1n) is 6.00. The highest BCUT2D eigenvalue weighted by atomic mass is 19.3. The van der Waals surface area contributed by atoms with Gasteiger partial charge < -0.3 is 0 Å². The van der Waals surface area contributed by atoms with Crippen molar-refractivity contribution in [3.8, 4) is 5.69 Å². The maximum atomic E-state index is 12.7. The Balaban J connectivity index is 1.83. The Hall–Kier alpha value is -2.57. The van der Waals surface area contributed by atoms with Crippen molar-refractivity contribution in [2.45, 2.75) is 13.0 Å². The molecule has 0 atom stereocenters. The van der Waals surface area contributed by atoms with Gasteiger partial charge in [0.15, 0.2) is 0 Å². The molecule has 7 heteroatoms. The van der Waals surface area contributed by atoms with E-state index in [1.54, 1.807) is 10.9 Å². The molecule has 0 unspecified atom stereocenters. The van der Waals surface area contributed by atoms with Crippen LogP contribution in [0.25, 0.3) is 5.69 Å². The minimum Gasteiger partial charge on any atom is -0.258 e. The zero-order chi connectivity index (χ0) is 13.9. The van der Waals surface area contributed by atoms with E-state index >= 15 is 0 Å². The van der Waals surface area contributed by atoms with Crippen LogP contribution in [-0.4, -0.2) is 24.8 Å². The van der Waals surface area contributed by atoms with Crippen LogP contribution < -0.4 is 0 Å². The maximum absolute atomic E-state index is 12.7.